The Hall–Kier alpha value is -3.06. The summed E-state index contributed by atoms with van der Waals surface area (Å²) in [5, 5.41) is 8.14. The van der Waals surface area contributed by atoms with Gasteiger partial charge in [-0.25, -0.2) is 0 Å². The highest BCUT2D eigenvalue weighted by molar-refractivity contribution is 6.06. The van der Waals surface area contributed by atoms with E-state index in [-0.39, 0.29) is 37.2 Å². The fraction of sp³-hybridized carbons (Fsp3) is 0.600. The van der Waals surface area contributed by atoms with Gasteiger partial charge < -0.3 is 34.5 Å². The molecule has 1 atom stereocenters. The Morgan fingerprint density at radius 2 is 1.68 bits per heavy atom. The van der Waals surface area contributed by atoms with E-state index in [0.29, 0.717) is 77.1 Å². The summed E-state index contributed by atoms with van der Waals surface area (Å²) >= 11 is 0. The number of carbonyl (C=O) groups is 4. The number of benzene rings is 1. The molecule has 0 aromatic heterocycles. The van der Waals surface area contributed by atoms with Crippen LogP contribution in [0.1, 0.15) is 35.7 Å². The van der Waals surface area contributed by atoms with Crippen LogP contribution in [0.3, 0.4) is 0 Å². The number of amides is 4. The first kappa shape index (κ1) is 28.5. The van der Waals surface area contributed by atoms with Crippen LogP contribution in [0.25, 0.3) is 0 Å². The average molecular weight is 521 g/mol. The Morgan fingerprint density at radius 3 is 2.35 bits per heavy atom. The molecule has 2 aliphatic heterocycles. The van der Waals surface area contributed by atoms with Gasteiger partial charge in [-0.1, -0.05) is 6.07 Å². The molecule has 4 amide bonds. The highest BCUT2D eigenvalue weighted by atomic mass is 16.6. The Kier molecular flexibility index (Phi) is 11.8. The number of anilines is 1. The number of imide groups is 1. The minimum absolute atomic E-state index is 0.0233. The number of rotatable bonds is 17. The van der Waals surface area contributed by atoms with Crippen molar-refractivity contribution in [3.63, 3.8) is 0 Å². The van der Waals surface area contributed by atoms with Gasteiger partial charge in [0, 0.05) is 42.9 Å². The third kappa shape index (κ3) is 8.78. The molecule has 1 saturated heterocycles. The summed E-state index contributed by atoms with van der Waals surface area (Å²) in [7, 11) is 0. The van der Waals surface area contributed by atoms with E-state index < -0.39 is 11.9 Å². The van der Waals surface area contributed by atoms with Crippen molar-refractivity contribution >= 4 is 29.3 Å². The topological polar surface area (TPSA) is 145 Å². The zero-order valence-corrected chi connectivity index (χ0v) is 21.2. The molecule has 1 aromatic carbocycles. The molecule has 0 spiro atoms. The minimum atomic E-state index is -0.682. The van der Waals surface area contributed by atoms with Crippen molar-refractivity contribution in [1.29, 1.82) is 0 Å². The standard InChI is InChI=1S/C25H36N4O8/c1-2-34-10-11-36-14-15-37-13-12-35-9-8-26-23(31)16-27-20-5-3-4-18-19(20)17-29(25(18)33)21-6-7-22(30)28-24(21)32/h3-5,21,27H,2,6-17H2,1H3,(H,26,31)(H,28,30,32). The molecule has 3 rings (SSSR count). The van der Waals surface area contributed by atoms with E-state index >= 15 is 0 Å². The lowest BCUT2D eigenvalue weighted by Gasteiger charge is -2.29. The van der Waals surface area contributed by atoms with Crippen molar-refractivity contribution < 1.29 is 38.1 Å². The zero-order chi connectivity index (χ0) is 26.5. The van der Waals surface area contributed by atoms with E-state index in [4.69, 9.17) is 18.9 Å². The smallest absolute Gasteiger partial charge is 0.255 e. The Balaban J connectivity index is 1.29. The maximum absolute atomic E-state index is 12.9. The molecular formula is C25H36N4O8. The van der Waals surface area contributed by atoms with Gasteiger partial charge in [0.2, 0.25) is 17.7 Å². The Bertz CT molecular complexity index is 941. The summed E-state index contributed by atoms with van der Waals surface area (Å²) in [4.78, 5) is 50.3. The molecule has 37 heavy (non-hydrogen) atoms. The molecule has 1 fully saturated rings. The number of piperidine rings is 1. The lowest BCUT2D eigenvalue weighted by molar-refractivity contribution is -0.137. The maximum Gasteiger partial charge on any atom is 0.255 e. The van der Waals surface area contributed by atoms with Gasteiger partial charge in [-0.2, -0.15) is 0 Å². The fourth-order valence-electron chi connectivity index (χ4n) is 4.06. The van der Waals surface area contributed by atoms with E-state index in [1.807, 2.05) is 6.92 Å². The number of nitrogens with zero attached hydrogens (tertiary/aromatic N) is 1. The number of hydrogen-bond acceptors (Lipinski definition) is 9. The number of carbonyl (C=O) groups excluding carboxylic acids is 4. The average Bonchev–Trinajstić information content (AvgIpc) is 3.22. The van der Waals surface area contributed by atoms with Gasteiger partial charge in [-0.05, 0) is 25.5 Å². The van der Waals surface area contributed by atoms with Crippen LogP contribution < -0.4 is 16.0 Å². The Labute approximate surface area is 216 Å². The quantitative estimate of drug-likeness (QED) is 0.192. The predicted octanol–water partition coefficient (Wildman–Crippen LogP) is 0.0620. The van der Waals surface area contributed by atoms with E-state index in [2.05, 4.69) is 16.0 Å². The first-order valence-corrected chi connectivity index (χ1v) is 12.6. The van der Waals surface area contributed by atoms with Crippen molar-refractivity contribution in [2.45, 2.75) is 32.4 Å². The van der Waals surface area contributed by atoms with Crippen LogP contribution in [0.5, 0.6) is 0 Å². The molecule has 12 heteroatoms. The van der Waals surface area contributed by atoms with Gasteiger partial charge >= 0.3 is 0 Å². The first-order valence-electron chi connectivity index (χ1n) is 12.6. The predicted molar refractivity (Wildman–Crippen MR) is 133 cm³/mol. The molecule has 1 unspecified atom stereocenters. The number of nitrogens with one attached hydrogen (secondary N) is 3. The van der Waals surface area contributed by atoms with Gasteiger partial charge in [-0.3, -0.25) is 24.5 Å². The molecule has 0 aliphatic carbocycles. The Morgan fingerprint density at radius 1 is 1.00 bits per heavy atom. The van der Waals surface area contributed by atoms with E-state index in [9.17, 15) is 19.2 Å². The molecular weight excluding hydrogens is 484 g/mol. The van der Waals surface area contributed by atoms with Crippen molar-refractivity contribution in [3.8, 4) is 0 Å². The molecule has 204 valence electrons. The molecule has 1 aromatic rings. The van der Waals surface area contributed by atoms with Gasteiger partial charge in [0.15, 0.2) is 0 Å². The molecule has 3 N–H and O–H groups in total. The highest BCUT2D eigenvalue weighted by Gasteiger charge is 2.39. The second-order valence-corrected chi connectivity index (χ2v) is 8.47. The third-order valence-corrected chi connectivity index (χ3v) is 5.91. The summed E-state index contributed by atoms with van der Waals surface area (Å²) in [6.07, 6.45) is 0.496. The van der Waals surface area contributed by atoms with Gasteiger partial charge in [0.05, 0.1) is 52.8 Å². The van der Waals surface area contributed by atoms with Gasteiger partial charge in [0.25, 0.3) is 5.91 Å². The largest absolute Gasteiger partial charge is 0.379 e. The summed E-state index contributed by atoms with van der Waals surface area (Å²) in [6.45, 7) is 6.57. The molecule has 2 heterocycles. The van der Waals surface area contributed by atoms with Crippen LogP contribution in [0.2, 0.25) is 0 Å². The normalized spacial score (nSPS) is 17.1. The lowest BCUT2D eigenvalue weighted by Crippen LogP contribution is -2.52. The van der Waals surface area contributed by atoms with Crippen molar-refractivity contribution in [2.24, 2.45) is 0 Å². The monoisotopic (exact) mass is 520 g/mol. The van der Waals surface area contributed by atoms with Crippen molar-refractivity contribution in [1.82, 2.24) is 15.5 Å². The minimum Gasteiger partial charge on any atom is -0.379 e. The molecule has 2 aliphatic rings. The third-order valence-electron chi connectivity index (χ3n) is 5.91. The summed E-state index contributed by atoms with van der Waals surface area (Å²) in [5.74, 6) is -1.25. The number of fused-ring (bicyclic) bond motifs is 1. The van der Waals surface area contributed by atoms with Crippen molar-refractivity contribution in [2.75, 3.05) is 71.3 Å². The number of ether oxygens (including phenoxy) is 4. The van der Waals surface area contributed by atoms with Crippen molar-refractivity contribution in [3.05, 3.63) is 29.3 Å². The first-order chi connectivity index (χ1) is 18.0. The summed E-state index contributed by atoms with van der Waals surface area (Å²) < 4.78 is 21.4. The lowest BCUT2D eigenvalue weighted by atomic mass is 10.0. The van der Waals surface area contributed by atoms with Crippen LogP contribution >= 0.6 is 0 Å². The van der Waals surface area contributed by atoms with E-state index in [1.165, 1.54) is 4.90 Å². The van der Waals surface area contributed by atoms with Crippen LogP contribution in [0, 0.1) is 0 Å². The molecule has 0 bridgehead atoms. The molecule has 0 radical (unpaired) electrons. The summed E-state index contributed by atoms with van der Waals surface area (Å²) in [5.41, 5.74) is 1.88. The fourth-order valence-corrected chi connectivity index (χ4v) is 4.06. The van der Waals surface area contributed by atoms with E-state index in [0.717, 1.165) is 5.56 Å². The van der Waals surface area contributed by atoms with Crippen LogP contribution in [-0.2, 0) is 39.9 Å². The highest BCUT2D eigenvalue weighted by Crippen LogP contribution is 2.32. The van der Waals surface area contributed by atoms with Crippen LogP contribution in [0.15, 0.2) is 18.2 Å². The molecule has 12 nitrogen and oxygen atoms in total. The summed E-state index contributed by atoms with van der Waals surface area (Å²) in [6, 6.07) is 4.54. The van der Waals surface area contributed by atoms with Crippen LogP contribution in [-0.4, -0.2) is 101 Å². The zero-order valence-electron chi connectivity index (χ0n) is 21.2. The van der Waals surface area contributed by atoms with Gasteiger partial charge in [0.1, 0.15) is 6.04 Å². The van der Waals surface area contributed by atoms with E-state index in [1.54, 1.807) is 18.2 Å². The number of hydrogen-bond donors (Lipinski definition) is 3. The SMILES string of the molecule is CCOCCOCCOCCOCCNC(=O)CNc1cccc2c1CN(C1CCC(=O)NC1=O)C2=O. The van der Waals surface area contributed by atoms with Crippen LogP contribution in [0.4, 0.5) is 5.69 Å². The second kappa shape index (κ2) is 15.3. The molecule has 0 saturated carbocycles. The second-order valence-electron chi connectivity index (χ2n) is 8.47. The maximum atomic E-state index is 12.9. The van der Waals surface area contributed by atoms with Gasteiger partial charge in [-0.15, -0.1) is 0 Å².